The Kier molecular flexibility index (Phi) is 3.55. The van der Waals surface area contributed by atoms with Crippen molar-refractivity contribution in [2.24, 2.45) is 0 Å². The molecule has 1 amide bonds. The molecule has 2 aliphatic carbocycles. The van der Waals surface area contributed by atoms with Crippen molar-refractivity contribution in [2.45, 2.75) is 51.4 Å². The minimum atomic E-state index is 0.0282. The summed E-state index contributed by atoms with van der Waals surface area (Å²) < 4.78 is 0. The van der Waals surface area contributed by atoms with Crippen molar-refractivity contribution in [1.82, 2.24) is 4.98 Å². The second kappa shape index (κ2) is 5.54. The Morgan fingerprint density at radius 1 is 1.05 bits per heavy atom. The lowest BCUT2D eigenvalue weighted by atomic mass is 9.96. The van der Waals surface area contributed by atoms with Gasteiger partial charge >= 0.3 is 0 Å². The Balaban J connectivity index is 1.55. The van der Waals surface area contributed by atoms with Crippen LogP contribution in [0.4, 0.5) is 5.13 Å². The number of anilines is 1. The Hall–Kier alpha value is -1.20. The number of amides is 1. The summed E-state index contributed by atoms with van der Waals surface area (Å²) in [5.74, 6) is 0.0282. The molecule has 1 N–H and O–H groups in total. The SMILES string of the molecule is O=C(Nc1nc2c(s1)CCCC2)c1csc2c1CCCC2. The van der Waals surface area contributed by atoms with Crippen molar-refractivity contribution >= 4 is 33.7 Å². The highest BCUT2D eigenvalue weighted by Gasteiger charge is 2.22. The van der Waals surface area contributed by atoms with Gasteiger partial charge in [-0.05, 0) is 56.9 Å². The number of carbonyl (C=O) groups is 1. The molecule has 2 aliphatic rings. The third kappa shape index (κ3) is 2.53. The molecular formula is C16H18N2OS2. The number of hydrogen-bond donors (Lipinski definition) is 1. The van der Waals surface area contributed by atoms with Crippen molar-refractivity contribution in [3.8, 4) is 0 Å². The number of thiophene rings is 1. The molecule has 110 valence electrons. The average molecular weight is 318 g/mol. The molecule has 2 aromatic rings. The van der Waals surface area contributed by atoms with E-state index in [0.717, 1.165) is 36.4 Å². The van der Waals surface area contributed by atoms with Crippen molar-refractivity contribution in [3.63, 3.8) is 0 Å². The zero-order valence-corrected chi connectivity index (χ0v) is 13.5. The first kappa shape index (κ1) is 13.5. The predicted octanol–water partition coefficient (Wildman–Crippen LogP) is 4.21. The number of rotatable bonds is 2. The highest BCUT2D eigenvalue weighted by Crippen LogP contribution is 2.32. The molecule has 0 aromatic carbocycles. The Morgan fingerprint density at radius 2 is 1.81 bits per heavy atom. The van der Waals surface area contributed by atoms with Crippen molar-refractivity contribution in [1.29, 1.82) is 0 Å². The van der Waals surface area contributed by atoms with Gasteiger partial charge in [-0.3, -0.25) is 10.1 Å². The largest absolute Gasteiger partial charge is 0.298 e. The van der Waals surface area contributed by atoms with E-state index in [0.29, 0.717) is 0 Å². The Bertz CT molecular complexity index is 663. The topological polar surface area (TPSA) is 42.0 Å². The quantitative estimate of drug-likeness (QED) is 0.901. The molecule has 0 bridgehead atoms. The van der Waals surface area contributed by atoms with Gasteiger partial charge in [0.25, 0.3) is 5.91 Å². The first-order valence-electron chi connectivity index (χ1n) is 7.70. The minimum absolute atomic E-state index is 0.0282. The smallest absolute Gasteiger partial charge is 0.258 e. The van der Waals surface area contributed by atoms with Gasteiger partial charge in [-0.2, -0.15) is 0 Å². The molecule has 0 fully saturated rings. The molecule has 0 saturated heterocycles. The molecule has 0 radical (unpaired) electrons. The van der Waals surface area contributed by atoms with Crippen LogP contribution in [0, 0.1) is 0 Å². The molecule has 2 aromatic heterocycles. The third-order valence-corrected chi connectivity index (χ3v) is 6.53. The first-order valence-corrected chi connectivity index (χ1v) is 9.40. The summed E-state index contributed by atoms with van der Waals surface area (Å²) in [6.07, 6.45) is 9.31. The van der Waals surface area contributed by atoms with Gasteiger partial charge in [0.05, 0.1) is 11.3 Å². The lowest BCUT2D eigenvalue weighted by Gasteiger charge is -2.12. The van der Waals surface area contributed by atoms with Crippen LogP contribution in [-0.2, 0) is 25.7 Å². The fourth-order valence-electron chi connectivity index (χ4n) is 3.25. The highest BCUT2D eigenvalue weighted by atomic mass is 32.1. The van der Waals surface area contributed by atoms with Crippen LogP contribution in [-0.4, -0.2) is 10.9 Å². The number of nitrogens with zero attached hydrogens (tertiary/aromatic N) is 1. The molecule has 0 saturated carbocycles. The van der Waals surface area contributed by atoms with E-state index in [2.05, 4.69) is 10.3 Å². The lowest BCUT2D eigenvalue weighted by molar-refractivity contribution is 0.102. The third-order valence-electron chi connectivity index (χ3n) is 4.37. The number of aromatic nitrogens is 1. The average Bonchev–Trinajstić information content (AvgIpc) is 3.10. The standard InChI is InChI=1S/C16H18N2OS2/c19-15(11-9-20-13-7-3-1-5-10(11)13)18-16-17-12-6-2-4-8-14(12)21-16/h9H,1-8H2,(H,17,18,19). The maximum absolute atomic E-state index is 12.5. The van der Waals surface area contributed by atoms with Crippen LogP contribution in [0.25, 0.3) is 0 Å². The number of aryl methyl sites for hydroxylation is 3. The van der Waals surface area contributed by atoms with E-state index in [-0.39, 0.29) is 5.91 Å². The van der Waals surface area contributed by atoms with E-state index < -0.39 is 0 Å². The number of thiazole rings is 1. The molecule has 5 heteroatoms. The van der Waals surface area contributed by atoms with Gasteiger partial charge < -0.3 is 0 Å². The normalized spacial score (nSPS) is 17.1. The summed E-state index contributed by atoms with van der Waals surface area (Å²) in [4.78, 5) is 19.9. The van der Waals surface area contributed by atoms with Gasteiger partial charge in [-0.15, -0.1) is 22.7 Å². The maximum Gasteiger partial charge on any atom is 0.258 e. The van der Waals surface area contributed by atoms with Crippen molar-refractivity contribution in [2.75, 3.05) is 5.32 Å². The van der Waals surface area contributed by atoms with E-state index in [4.69, 9.17) is 0 Å². The molecule has 0 atom stereocenters. The number of carbonyl (C=O) groups excluding carboxylic acids is 1. The van der Waals surface area contributed by atoms with Crippen LogP contribution in [0.3, 0.4) is 0 Å². The van der Waals surface area contributed by atoms with Gasteiger partial charge in [-0.1, -0.05) is 0 Å². The van der Waals surface area contributed by atoms with Gasteiger partial charge in [-0.25, -0.2) is 4.98 Å². The summed E-state index contributed by atoms with van der Waals surface area (Å²) in [6.45, 7) is 0. The summed E-state index contributed by atoms with van der Waals surface area (Å²) in [6, 6.07) is 0. The van der Waals surface area contributed by atoms with E-state index >= 15 is 0 Å². The Labute approximate surface area is 132 Å². The van der Waals surface area contributed by atoms with Crippen LogP contribution in [0.1, 0.15) is 57.1 Å². The lowest BCUT2D eigenvalue weighted by Crippen LogP contribution is -2.14. The van der Waals surface area contributed by atoms with Crippen molar-refractivity contribution in [3.05, 3.63) is 32.0 Å². The highest BCUT2D eigenvalue weighted by molar-refractivity contribution is 7.16. The molecule has 0 unspecified atom stereocenters. The van der Waals surface area contributed by atoms with Gasteiger partial charge in [0, 0.05) is 15.1 Å². The van der Waals surface area contributed by atoms with E-state index in [1.54, 1.807) is 22.7 Å². The first-order chi connectivity index (χ1) is 10.3. The monoisotopic (exact) mass is 318 g/mol. The molecule has 4 rings (SSSR count). The van der Waals surface area contributed by atoms with Crippen LogP contribution < -0.4 is 5.32 Å². The zero-order valence-electron chi connectivity index (χ0n) is 11.9. The van der Waals surface area contributed by atoms with E-state index in [9.17, 15) is 4.79 Å². The molecule has 2 heterocycles. The predicted molar refractivity (Wildman–Crippen MR) is 87.7 cm³/mol. The van der Waals surface area contributed by atoms with Crippen LogP contribution in [0.2, 0.25) is 0 Å². The number of fused-ring (bicyclic) bond motifs is 2. The maximum atomic E-state index is 12.5. The van der Waals surface area contributed by atoms with E-state index in [1.165, 1.54) is 46.7 Å². The minimum Gasteiger partial charge on any atom is -0.298 e. The second-order valence-corrected chi connectivity index (χ2v) is 7.86. The van der Waals surface area contributed by atoms with Gasteiger partial charge in [0.1, 0.15) is 0 Å². The molecule has 21 heavy (non-hydrogen) atoms. The fraction of sp³-hybridized carbons (Fsp3) is 0.500. The van der Waals surface area contributed by atoms with Crippen LogP contribution in [0.5, 0.6) is 0 Å². The van der Waals surface area contributed by atoms with Gasteiger partial charge in [0.2, 0.25) is 0 Å². The summed E-state index contributed by atoms with van der Waals surface area (Å²) in [7, 11) is 0. The molecule has 3 nitrogen and oxygen atoms in total. The summed E-state index contributed by atoms with van der Waals surface area (Å²) >= 11 is 3.40. The molecular weight excluding hydrogens is 300 g/mol. The van der Waals surface area contributed by atoms with Gasteiger partial charge in [0.15, 0.2) is 5.13 Å². The second-order valence-electron chi connectivity index (χ2n) is 5.81. The zero-order chi connectivity index (χ0) is 14.2. The van der Waals surface area contributed by atoms with Crippen molar-refractivity contribution < 1.29 is 4.79 Å². The number of hydrogen-bond acceptors (Lipinski definition) is 4. The fourth-order valence-corrected chi connectivity index (χ4v) is 5.42. The summed E-state index contributed by atoms with van der Waals surface area (Å²) in [5.41, 5.74) is 3.36. The van der Waals surface area contributed by atoms with E-state index in [1.807, 2.05) is 5.38 Å². The van der Waals surface area contributed by atoms with Crippen LogP contribution >= 0.6 is 22.7 Å². The molecule has 0 spiro atoms. The number of nitrogens with one attached hydrogen (secondary N) is 1. The van der Waals surface area contributed by atoms with Crippen LogP contribution in [0.15, 0.2) is 5.38 Å². The Morgan fingerprint density at radius 3 is 2.67 bits per heavy atom. The molecule has 0 aliphatic heterocycles. The summed E-state index contributed by atoms with van der Waals surface area (Å²) in [5, 5.41) is 5.83.